The van der Waals surface area contributed by atoms with E-state index in [4.69, 9.17) is 16.9 Å². The van der Waals surface area contributed by atoms with Crippen molar-refractivity contribution in [3.05, 3.63) is 78.1 Å². The number of carboxylic acids is 1. The van der Waals surface area contributed by atoms with Gasteiger partial charge in [-0.25, -0.2) is 0 Å². The summed E-state index contributed by atoms with van der Waals surface area (Å²) in [5.74, 6) is -11.7. The van der Waals surface area contributed by atoms with Crippen molar-refractivity contribution in [1.82, 2.24) is 63.8 Å². The number of carboxylic acid groups (broad SMARTS) is 1. The number of phenolic OH excluding ortho intramolecular Hbond substituents is 1. The number of phenols is 1. The van der Waals surface area contributed by atoms with Crippen LogP contribution in [0.4, 0.5) is 0 Å². The number of hydrogen-bond acceptors (Lipinski definition) is 16. The van der Waals surface area contributed by atoms with Crippen LogP contribution in [0.1, 0.15) is 116 Å². The van der Waals surface area contributed by atoms with E-state index in [1.165, 1.54) is 24.3 Å². The number of nitrogens with two attached hydrogens (primary N) is 2. The second-order valence-electron chi connectivity index (χ2n) is 22.7. The lowest BCUT2D eigenvalue weighted by atomic mass is 9.84. The first-order valence-electron chi connectivity index (χ1n) is 30.1. The molecule has 2 fully saturated rings. The average Bonchev–Trinajstić information content (AvgIpc) is 1.59. The number of carbonyl (C=O) groups is 12. The number of primary amides is 2. The Balaban J connectivity index is 1.49. The maximum absolute atomic E-state index is 14.2. The van der Waals surface area contributed by atoms with Crippen LogP contribution in [0.25, 0.3) is 0 Å². The lowest BCUT2D eigenvalue weighted by molar-refractivity contribution is -0.139. The Morgan fingerprint density at radius 2 is 1.23 bits per heavy atom. The van der Waals surface area contributed by atoms with Gasteiger partial charge in [0.05, 0.1) is 19.1 Å². The number of aliphatic hydroxyl groups is 1. The minimum atomic E-state index is -1.90. The number of carbonyl (C=O) groups excluding carboxylic acids is 11. The minimum Gasteiger partial charge on any atom is -0.508 e. The van der Waals surface area contributed by atoms with Crippen LogP contribution in [-0.4, -0.2) is 173 Å². The van der Waals surface area contributed by atoms with Gasteiger partial charge >= 0.3 is 5.97 Å². The number of guanidine groups is 1. The van der Waals surface area contributed by atoms with Gasteiger partial charge in [-0.2, -0.15) is 0 Å². The number of rotatable bonds is 36. The van der Waals surface area contributed by atoms with Gasteiger partial charge in [-0.15, -0.1) is 0 Å². The molecule has 1 aromatic rings. The molecule has 1 aliphatic heterocycles. The summed E-state index contributed by atoms with van der Waals surface area (Å²) in [6.45, 7) is 6.31. The molecule has 2 saturated carbocycles. The van der Waals surface area contributed by atoms with Crippen LogP contribution in [0.3, 0.4) is 0 Å². The van der Waals surface area contributed by atoms with E-state index in [-0.39, 0.29) is 68.6 Å². The van der Waals surface area contributed by atoms with E-state index in [2.05, 4.69) is 70.4 Å². The van der Waals surface area contributed by atoms with Gasteiger partial charge in [-0.05, 0) is 79.7 Å². The number of aliphatic carboxylic acids is 1. The predicted octanol–water partition coefficient (Wildman–Crippen LogP) is -2.60. The van der Waals surface area contributed by atoms with E-state index in [0.717, 1.165) is 46.0 Å². The van der Waals surface area contributed by atoms with E-state index >= 15 is 0 Å². The second-order valence-corrected chi connectivity index (χ2v) is 22.7. The molecular weight excluding hydrogens is 1170 g/mol. The molecule has 20 N–H and O–H groups in total. The van der Waals surface area contributed by atoms with Crippen molar-refractivity contribution < 1.29 is 72.9 Å². The van der Waals surface area contributed by atoms with Crippen LogP contribution < -0.4 is 75.3 Å². The maximum atomic E-state index is 14.2. The van der Waals surface area contributed by atoms with Crippen LogP contribution in [0.15, 0.2) is 72.5 Å². The highest BCUT2D eigenvalue weighted by Gasteiger charge is 2.38. The van der Waals surface area contributed by atoms with Gasteiger partial charge in [-0.3, -0.25) is 62.9 Å². The molecule has 0 radical (unpaired) electrons. The topological polar surface area (TPSA) is 486 Å². The van der Waals surface area contributed by atoms with Crippen molar-refractivity contribution in [1.29, 1.82) is 5.41 Å². The zero-order valence-electron chi connectivity index (χ0n) is 51.1. The van der Waals surface area contributed by atoms with Crippen LogP contribution in [0, 0.1) is 17.2 Å². The van der Waals surface area contributed by atoms with Crippen LogP contribution in [0.2, 0.25) is 0 Å². The van der Waals surface area contributed by atoms with Crippen molar-refractivity contribution in [2.45, 2.75) is 171 Å². The number of amides is 11. The van der Waals surface area contributed by atoms with Gasteiger partial charge in [0.15, 0.2) is 5.96 Å². The molecule has 2 aliphatic carbocycles. The Bertz CT molecular complexity index is 2830. The lowest BCUT2D eigenvalue weighted by Gasteiger charge is -2.29. The zero-order chi connectivity index (χ0) is 66.5. The fraction of sp³-hybridized carbons (Fsp3) is 0.550. The van der Waals surface area contributed by atoms with Gasteiger partial charge in [0.1, 0.15) is 54.1 Å². The number of hydrogen-bond donors (Lipinski definition) is 18. The molecule has 0 spiro atoms. The molecule has 30 nitrogen and oxygen atoms in total. The molecule has 30 heteroatoms. The molecule has 494 valence electrons. The molecule has 90 heavy (non-hydrogen) atoms. The van der Waals surface area contributed by atoms with E-state index in [0.29, 0.717) is 36.1 Å². The summed E-state index contributed by atoms with van der Waals surface area (Å²) in [5.41, 5.74) is 12.9. The normalized spacial score (nSPS) is 18.2. The van der Waals surface area contributed by atoms with Crippen molar-refractivity contribution in [3.63, 3.8) is 0 Å². The summed E-state index contributed by atoms with van der Waals surface area (Å²) >= 11 is 0. The van der Waals surface area contributed by atoms with Crippen molar-refractivity contribution in [2.24, 2.45) is 23.3 Å². The molecular formula is C60H89N15O15. The summed E-state index contributed by atoms with van der Waals surface area (Å²) in [5, 5.41) is 69.1. The Morgan fingerprint density at radius 3 is 1.82 bits per heavy atom. The maximum Gasteiger partial charge on any atom is 0.303 e. The average molecular weight is 1260 g/mol. The lowest BCUT2D eigenvalue weighted by Crippen LogP contribution is -2.61. The molecule has 0 saturated heterocycles. The number of allylic oxidation sites excluding steroid dienone is 4. The summed E-state index contributed by atoms with van der Waals surface area (Å²) in [6, 6.07) is -6.23. The molecule has 3 aliphatic rings. The molecule has 4 rings (SSSR count). The standard InChI is InChI=1S/C60H89N15O15/c1-33-12-7-6-10-24-65-31-39(33)29-43(52(62)83)72-54(85)41(15-11-25-66-60(63)64-4)70-57(88)46(28-37-16-17-37)69-49(80)32-67-53(84)44(26-36-13-8-5-9-14-36)74-59(90)51(34(2)76)75-58(89)47(30-48(61)79)73-55(86)42(22-23-50(81)82)71-56(87)45(68-35(3)77)27-38-18-20-40(78)21-19-38/h6-7,10,12,18-21,31,34,36-37,41-47,51,65,76,78H,1,5,8-9,11,13-17,22-30,32H2,2-4H3,(H2,61,79)(H2,62,83)(H,67,84)(H,68,77)(H,69,80)(H,70,88)(H,71,87)(H,72,85)(H,73,86)(H,74,90)(H,75,89)(H,81,82)(H3,63,64,66)/b10-6-,12-7-,39-31-/t34-,41+,42+,43+,44+,45-,46+,47+,51+/m1/s1. The quantitative estimate of drug-likeness (QED) is 0.0186. The third kappa shape index (κ3) is 27.0. The Morgan fingerprint density at radius 1 is 0.667 bits per heavy atom. The summed E-state index contributed by atoms with van der Waals surface area (Å²) < 4.78 is 0. The number of aliphatic hydroxyl groups excluding tert-OH is 1. The van der Waals surface area contributed by atoms with Crippen molar-refractivity contribution >= 4 is 76.9 Å². The molecule has 1 aromatic carbocycles. The molecule has 0 unspecified atom stereocenters. The van der Waals surface area contributed by atoms with Gasteiger partial charge in [-0.1, -0.05) is 88.0 Å². The Labute approximate surface area is 522 Å². The molecule has 11 amide bonds. The first kappa shape index (κ1) is 73.1. The van der Waals surface area contributed by atoms with E-state index in [9.17, 15) is 72.9 Å². The number of aromatic hydroxyl groups is 1. The highest BCUT2D eigenvalue weighted by atomic mass is 16.4. The molecule has 0 bridgehead atoms. The SMILES string of the molecule is C=C1/C=C\C=C/CN/C=C\1C[C@H](NC(=O)[C@H](CCCNC(=N)NC)NC(=O)[C@H](CC1CC1)NC(=O)CNC(=O)[C@H](CC1CCCCC1)NC(=O)[C@@H](NC(=O)[C@H](CC(N)=O)NC(=O)[C@H](CCC(=O)O)NC(=O)[C@@H](Cc1ccc(O)cc1)NC(C)=O)[C@@H](C)O)C(N)=O. The zero-order valence-corrected chi connectivity index (χ0v) is 51.1. The summed E-state index contributed by atoms with van der Waals surface area (Å²) in [7, 11) is 1.55. The smallest absolute Gasteiger partial charge is 0.303 e. The van der Waals surface area contributed by atoms with Crippen LogP contribution in [0.5, 0.6) is 5.75 Å². The van der Waals surface area contributed by atoms with Crippen molar-refractivity contribution in [2.75, 3.05) is 26.7 Å². The third-order valence-electron chi connectivity index (χ3n) is 15.1. The summed E-state index contributed by atoms with van der Waals surface area (Å²) in [4.78, 5) is 161. The second kappa shape index (κ2) is 37.5. The molecule has 0 aromatic heterocycles. The highest BCUT2D eigenvalue weighted by Crippen LogP contribution is 2.34. The number of benzene rings is 1. The third-order valence-corrected chi connectivity index (χ3v) is 15.1. The van der Waals surface area contributed by atoms with Crippen molar-refractivity contribution in [3.8, 4) is 5.75 Å². The van der Waals surface area contributed by atoms with Crippen LogP contribution in [-0.2, 0) is 64.0 Å². The first-order chi connectivity index (χ1) is 42.7. The van der Waals surface area contributed by atoms with Gasteiger partial charge in [0, 0.05) is 52.5 Å². The largest absolute Gasteiger partial charge is 0.508 e. The van der Waals surface area contributed by atoms with Crippen LogP contribution >= 0.6 is 0 Å². The Kier molecular flexibility index (Phi) is 30.5. The predicted molar refractivity (Wildman–Crippen MR) is 328 cm³/mol. The fourth-order valence-corrected chi connectivity index (χ4v) is 10.00. The highest BCUT2D eigenvalue weighted by molar-refractivity contribution is 5.99. The minimum absolute atomic E-state index is 0.0114. The van der Waals surface area contributed by atoms with E-state index in [1.54, 1.807) is 25.4 Å². The number of nitrogens with one attached hydrogen (secondary N) is 13. The van der Waals surface area contributed by atoms with E-state index < -0.39 is 151 Å². The molecule has 1 heterocycles. The monoisotopic (exact) mass is 1260 g/mol. The first-order valence-corrected chi connectivity index (χ1v) is 30.1. The Hall–Kier alpha value is -9.35. The van der Waals surface area contributed by atoms with Gasteiger partial charge in [0.2, 0.25) is 65.0 Å². The summed E-state index contributed by atoms with van der Waals surface area (Å²) in [6.07, 6.45) is 10.8. The van der Waals surface area contributed by atoms with Gasteiger partial charge < -0.3 is 90.6 Å². The van der Waals surface area contributed by atoms with Gasteiger partial charge in [0.25, 0.3) is 0 Å². The molecule has 9 atom stereocenters. The van der Waals surface area contributed by atoms with E-state index in [1.807, 2.05) is 12.2 Å². The fourth-order valence-electron chi connectivity index (χ4n) is 10.00.